The fraction of sp³-hybridized carbons (Fsp3) is 0.0714. The standard InChI is InChI=1S/C14H10BrFN2O2S/c1-9-7-11-13(15)12(16)8-17-14(11)18(9)21(19,20)10-5-3-2-4-6-10/h2-8H,1H3. The molecule has 0 N–H and O–H groups in total. The molecule has 0 aliphatic heterocycles. The van der Waals surface area contributed by atoms with E-state index in [-0.39, 0.29) is 15.0 Å². The maximum absolute atomic E-state index is 13.5. The van der Waals surface area contributed by atoms with Crippen LogP contribution in [-0.2, 0) is 10.0 Å². The first-order chi connectivity index (χ1) is 9.93. The average molecular weight is 369 g/mol. The van der Waals surface area contributed by atoms with Crippen LogP contribution in [0.4, 0.5) is 4.39 Å². The molecule has 7 heteroatoms. The summed E-state index contributed by atoms with van der Waals surface area (Å²) in [6, 6.07) is 9.66. The summed E-state index contributed by atoms with van der Waals surface area (Å²) in [7, 11) is -3.77. The smallest absolute Gasteiger partial charge is 0.234 e. The maximum atomic E-state index is 13.5. The predicted molar refractivity (Wildman–Crippen MR) is 81.2 cm³/mol. The van der Waals surface area contributed by atoms with Gasteiger partial charge in [-0.05, 0) is 41.1 Å². The number of hydrogen-bond donors (Lipinski definition) is 0. The van der Waals surface area contributed by atoms with Gasteiger partial charge in [0.05, 0.1) is 15.6 Å². The van der Waals surface area contributed by atoms with Crippen molar-refractivity contribution < 1.29 is 12.8 Å². The largest absolute Gasteiger partial charge is 0.269 e. The third-order valence-corrected chi connectivity index (χ3v) is 5.75. The van der Waals surface area contributed by atoms with Gasteiger partial charge in [0.2, 0.25) is 0 Å². The fourth-order valence-electron chi connectivity index (χ4n) is 2.20. The van der Waals surface area contributed by atoms with E-state index in [9.17, 15) is 12.8 Å². The Morgan fingerprint density at radius 2 is 1.90 bits per heavy atom. The van der Waals surface area contributed by atoms with Gasteiger partial charge in [-0.1, -0.05) is 18.2 Å². The van der Waals surface area contributed by atoms with Gasteiger partial charge in [0.15, 0.2) is 11.5 Å². The highest BCUT2D eigenvalue weighted by atomic mass is 79.9. The molecule has 0 saturated carbocycles. The van der Waals surface area contributed by atoms with Crippen molar-refractivity contribution in [3.05, 3.63) is 58.6 Å². The highest BCUT2D eigenvalue weighted by Crippen LogP contribution is 2.30. The summed E-state index contributed by atoms with van der Waals surface area (Å²) in [5.74, 6) is -0.531. The summed E-state index contributed by atoms with van der Waals surface area (Å²) in [5.41, 5.74) is 0.664. The molecule has 0 aliphatic carbocycles. The molecule has 21 heavy (non-hydrogen) atoms. The van der Waals surface area contributed by atoms with Crippen LogP contribution in [0.5, 0.6) is 0 Å². The second kappa shape index (κ2) is 4.92. The van der Waals surface area contributed by atoms with E-state index in [1.54, 1.807) is 31.2 Å². The van der Waals surface area contributed by atoms with Crippen LogP contribution in [0.15, 0.2) is 52.0 Å². The molecular formula is C14H10BrFN2O2S. The quantitative estimate of drug-likeness (QED) is 0.695. The molecule has 0 unspecified atom stereocenters. The molecule has 1 aromatic carbocycles. The lowest BCUT2D eigenvalue weighted by atomic mass is 10.3. The van der Waals surface area contributed by atoms with Crippen LogP contribution in [0.3, 0.4) is 0 Å². The Labute approximate surface area is 129 Å². The maximum Gasteiger partial charge on any atom is 0.269 e. The third-order valence-electron chi connectivity index (χ3n) is 3.13. The van der Waals surface area contributed by atoms with Gasteiger partial charge in [-0.15, -0.1) is 0 Å². The normalized spacial score (nSPS) is 12.0. The molecule has 0 bridgehead atoms. The second-order valence-electron chi connectivity index (χ2n) is 4.53. The highest BCUT2D eigenvalue weighted by Gasteiger charge is 2.23. The van der Waals surface area contributed by atoms with Gasteiger partial charge in [-0.3, -0.25) is 0 Å². The van der Waals surface area contributed by atoms with Gasteiger partial charge in [-0.25, -0.2) is 21.8 Å². The van der Waals surface area contributed by atoms with Gasteiger partial charge in [-0.2, -0.15) is 0 Å². The first-order valence-corrected chi connectivity index (χ1v) is 8.29. The minimum Gasteiger partial charge on any atom is -0.234 e. The van der Waals surface area contributed by atoms with E-state index >= 15 is 0 Å². The van der Waals surface area contributed by atoms with Crippen molar-refractivity contribution >= 4 is 37.0 Å². The summed E-state index contributed by atoms with van der Waals surface area (Å²) < 4.78 is 40.4. The summed E-state index contributed by atoms with van der Waals surface area (Å²) in [6.45, 7) is 1.65. The van der Waals surface area contributed by atoms with E-state index in [2.05, 4.69) is 20.9 Å². The van der Waals surface area contributed by atoms with Crippen LogP contribution in [0, 0.1) is 12.7 Å². The van der Waals surface area contributed by atoms with Gasteiger partial charge in [0, 0.05) is 11.1 Å². The van der Waals surface area contributed by atoms with Crippen molar-refractivity contribution in [1.29, 1.82) is 0 Å². The second-order valence-corrected chi connectivity index (χ2v) is 7.11. The van der Waals surface area contributed by atoms with Crippen LogP contribution in [0.1, 0.15) is 5.69 Å². The molecule has 4 nitrogen and oxygen atoms in total. The minimum atomic E-state index is -3.77. The Balaban J connectivity index is 2.36. The van der Waals surface area contributed by atoms with Crippen LogP contribution in [0.25, 0.3) is 11.0 Å². The molecule has 0 saturated heterocycles. The Hall–Kier alpha value is -1.73. The first-order valence-electron chi connectivity index (χ1n) is 6.05. The number of aryl methyl sites for hydroxylation is 1. The van der Waals surface area contributed by atoms with Crippen LogP contribution >= 0.6 is 15.9 Å². The number of hydrogen-bond acceptors (Lipinski definition) is 3. The number of nitrogens with zero attached hydrogens (tertiary/aromatic N) is 2. The number of rotatable bonds is 2. The molecule has 2 heterocycles. The number of benzene rings is 1. The van der Waals surface area contributed by atoms with E-state index in [1.807, 2.05) is 0 Å². The lowest BCUT2D eigenvalue weighted by Gasteiger charge is -2.09. The van der Waals surface area contributed by atoms with Crippen LogP contribution in [0.2, 0.25) is 0 Å². The van der Waals surface area contributed by atoms with Gasteiger partial charge < -0.3 is 0 Å². The monoisotopic (exact) mass is 368 g/mol. The summed E-state index contributed by atoms with van der Waals surface area (Å²) in [5, 5.41) is 0.423. The molecule has 3 rings (SSSR count). The summed E-state index contributed by atoms with van der Waals surface area (Å²) >= 11 is 3.13. The molecule has 0 amide bonds. The molecule has 0 fully saturated rings. The van der Waals surface area contributed by atoms with Crippen LogP contribution < -0.4 is 0 Å². The molecule has 0 atom stereocenters. The Bertz CT molecular complexity index is 937. The molecule has 3 aromatic rings. The Morgan fingerprint density at radius 1 is 1.24 bits per heavy atom. The number of fused-ring (bicyclic) bond motifs is 1. The Morgan fingerprint density at radius 3 is 2.57 bits per heavy atom. The minimum absolute atomic E-state index is 0.160. The van der Waals surface area contributed by atoms with Crippen molar-refractivity contribution in [3.8, 4) is 0 Å². The van der Waals surface area contributed by atoms with Crippen molar-refractivity contribution in [3.63, 3.8) is 0 Å². The van der Waals surface area contributed by atoms with Crippen molar-refractivity contribution in [2.24, 2.45) is 0 Å². The van der Waals surface area contributed by atoms with Crippen LogP contribution in [-0.4, -0.2) is 17.4 Å². The number of halogens is 2. The van der Waals surface area contributed by atoms with E-state index in [0.717, 1.165) is 10.2 Å². The Kier molecular flexibility index (Phi) is 3.33. The van der Waals surface area contributed by atoms with Gasteiger partial charge in [0.25, 0.3) is 10.0 Å². The summed E-state index contributed by atoms with van der Waals surface area (Å²) in [6.07, 6.45) is 1.00. The van der Waals surface area contributed by atoms with E-state index in [0.29, 0.717) is 11.1 Å². The zero-order valence-electron chi connectivity index (χ0n) is 10.9. The van der Waals surface area contributed by atoms with Crippen molar-refractivity contribution in [1.82, 2.24) is 8.96 Å². The molecule has 0 radical (unpaired) electrons. The van der Waals surface area contributed by atoms with E-state index < -0.39 is 15.8 Å². The molecular weight excluding hydrogens is 359 g/mol. The van der Waals surface area contributed by atoms with E-state index in [4.69, 9.17) is 0 Å². The topological polar surface area (TPSA) is 52.0 Å². The lowest BCUT2D eigenvalue weighted by molar-refractivity contribution is 0.587. The summed E-state index contributed by atoms with van der Waals surface area (Å²) in [4.78, 5) is 4.09. The zero-order chi connectivity index (χ0) is 15.2. The van der Waals surface area contributed by atoms with Crippen molar-refractivity contribution in [2.45, 2.75) is 11.8 Å². The number of pyridine rings is 1. The highest BCUT2D eigenvalue weighted by molar-refractivity contribution is 9.10. The predicted octanol–water partition coefficient (Wildman–Crippen LogP) is 3.48. The SMILES string of the molecule is Cc1cc2c(Br)c(F)cnc2n1S(=O)(=O)c1ccccc1. The molecule has 0 aliphatic rings. The zero-order valence-corrected chi connectivity index (χ0v) is 13.3. The van der Waals surface area contributed by atoms with Gasteiger partial charge in [0.1, 0.15) is 0 Å². The lowest BCUT2D eigenvalue weighted by Crippen LogP contribution is -2.14. The van der Waals surface area contributed by atoms with Gasteiger partial charge >= 0.3 is 0 Å². The first kappa shape index (κ1) is 14.2. The van der Waals surface area contributed by atoms with E-state index in [1.165, 1.54) is 12.1 Å². The fourth-order valence-corrected chi connectivity index (χ4v) is 4.11. The third kappa shape index (κ3) is 2.16. The van der Waals surface area contributed by atoms with Crippen molar-refractivity contribution in [2.75, 3.05) is 0 Å². The number of aromatic nitrogens is 2. The average Bonchev–Trinajstić information content (AvgIpc) is 2.82. The molecule has 0 spiro atoms. The molecule has 2 aromatic heterocycles. The molecule has 108 valence electrons.